The Balaban J connectivity index is 1.73. The predicted octanol–water partition coefficient (Wildman–Crippen LogP) is 1.56. The molecule has 84 valence electrons. The second-order valence-electron chi connectivity index (χ2n) is 4.68. The van der Waals surface area contributed by atoms with Crippen molar-refractivity contribution in [3.05, 3.63) is 11.7 Å². The lowest BCUT2D eigenvalue weighted by molar-refractivity contribution is 0.368. The van der Waals surface area contributed by atoms with Crippen LogP contribution in [0.15, 0.2) is 4.52 Å². The van der Waals surface area contributed by atoms with Gasteiger partial charge in [0.2, 0.25) is 5.89 Å². The molecule has 0 unspecified atom stereocenters. The lowest BCUT2D eigenvalue weighted by Gasteiger charge is -1.97. The van der Waals surface area contributed by atoms with E-state index in [9.17, 15) is 0 Å². The minimum absolute atomic E-state index is 0.583. The molecule has 15 heavy (non-hydrogen) atoms. The highest BCUT2D eigenvalue weighted by atomic mass is 16.5. The molecule has 0 aromatic carbocycles. The summed E-state index contributed by atoms with van der Waals surface area (Å²) in [5, 5.41) is 7.38. The largest absolute Gasteiger partial charge is 0.339 e. The van der Waals surface area contributed by atoms with Crippen LogP contribution in [0.25, 0.3) is 0 Å². The van der Waals surface area contributed by atoms with Crippen LogP contribution in [0.3, 0.4) is 0 Å². The van der Waals surface area contributed by atoms with Crippen LogP contribution >= 0.6 is 0 Å². The molecule has 1 aliphatic rings. The van der Waals surface area contributed by atoms with Gasteiger partial charge in [0.05, 0.1) is 0 Å². The van der Waals surface area contributed by atoms with Crippen molar-refractivity contribution in [1.29, 1.82) is 0 Å². The van der Waals surface area contributed by atoms with Crippen molar-refractivity contribution in [2.45, 2.75) is 45.6 Å². The van der Waals surface area contributed by atoms with Gasteiger partial charge < -0.3 is 9.84 Å². The monoisotopic (exact) mass is 209 g/mol. The summed E-state index contributed by atoms with van der Waals surface area (Å²) in [5.41, 5.74) is 0. The van der Waals surface area contributed by atoms with E-state index in [1.807, 2.05) is 0 Å². The average molecular weight is 209 g/mol. The molecule has 0 radical (unpaired) electrons. The molecule has 0 atom stereocenters. The smallest absolute Gasteiger partial charge is 0.227 e. The summed E-state index contributed by atoms with van der Waals surface area (Å²) >= 11 is 0. The Kier molecular flexibility index (Phi) is 3.36. The summed E-state index contributed by atoms with van der Waals surface area (Å²) in [6.07, 6.45) is 4.39. The van der Waals surface area contributed by atoms with Gasteiger partial charge in [-0.1, -0.05) is 19.0 Å². The molecule has 0 saturated heterocycles. The van der Waals surface area contributed by atoms with Gasteiger partial charge in [-0.3, -0.25) is 0 Å². The second-order valence-corrected chi connectivity index (χ2v) is 4.68. The average Bonchev–Trinajstić information content (AvgIpc) is 2.88. The molecule has 1 N–H and O–H groups in total. The van der Waals surface area contributed by atoms with Gasteiger partial charge >= 0.3 is 0 Å². The van der Waals surface area contributed by atoms with Gasteiger partial charge in [0.1, 0.15) is 0 Å². The molecule has 1 saturated carbocycles. The lowest BCUT2D eigenvalue weighted by Crippen LogP contribution is -2.19. The predicted molar refractivity (Wildman–Crippen MR) is 57.6 cm³/mol. The zero-order valence-corrected chi connectivity index (χ0v) is 9.49. The van der Waals surface area contributed by atoms with Crippen molar-refractivity contribution >= 4 is 0 Å². The molecule has 1 aromatic heterocycles. The van der Waals surface area contributed by atoms with E-state index >= 15 is 0 Å². The molecule has 2 rings (SSSR count). The van der Waals surface area contributed by atoms with Crippen molar-refractivity contribution < 1.29 is 4.52 Å². The first-order chi connectivity index (χ1) is 7.24. The van der Waals surface area contributed by atoms with E-state index in [0.29, 0.717) is 5.92 Å². The van der Waals surface area contributed by atoms with Gasteiger partial charge in [-0.2, -0.15) is 4.98 Å². The van der Waals surface area contributed by atoms with Gasteiger partial charge in [-0.05, 0) is 18.8 Å². The fraction of sp³-hybridized carbons (Fsp3) is 0.818. The summed E-state index contributed by atoms with van der Waals surface area (Å²) in [6, 6.07) is 0.753. The Morgan fingerprint density at radius 3 is 2.93 bits per heavy atom. The molecule has 0 aliphatic heterocycles. The maximum atomic E-state index is 5.17. The van der Waals surface area contributed by atoms with Crippen molar-refractivity contribution in [2.75, 3.05) is 6.54 Å². The number of nitrogens with one attached hydrogen (secondary N) is 1. The number of hydrogen-bond acceptors (Lipinski definition) is 4. The summed E-state index contributed by atoms with van der Waals surface area (Å²) < 4.78 is 5.17. The molecule has 4 heteroatoms. The molecule has 1 aromatic rings. The number of hydrogen-bond donors (Lipinski definition) is 1. The minimum atomic E-state index is 0.583. The standard InChI is InChI=1S/C11H19N3O/c1-8(2)7-10-13-11(15-14-10)5-6-12-9-3-4-9/h8-9,12H,3-7H2,1-2H3. The molecule has 1 heterocycles. The zero-order chi connectivity index (χ0) is 10.7. The molecule has 4 nitrogen and oxygen atoms in total. The molecule has 0 bridgehead atoms. The summed E-state index contributed by atoms with van der Waals surface area (Å²) in [6.45, 7) is 5.27. The number of rotatable bonds is 6. The van der Waals surface area contributed by atoms with E-state index in [2.05, 4.69) is 29.3 Å². The molecule has 1 aliphatic carbocycles. The van der Waals surface area contributed by atoms with Crippen LogP contribution in [0.1, 0.15) is 38.4 Å². The first kappa shape index (κ1) is 10.6. The van der Waals surface area contributed by atoms with Gasteiger partial charge in [-0.15, -0.1) is 0 Å². The van der Waals surface area contributed by atoms with Crippen molar-refractivity contribution in [2.24, 2.45) is 5.92 Å². The Morgan fingerprint density at radius 1 is 1.47 bits per heavy atom. The molecule has 0 amide bonds. The SMILES string of the molecule is CC(C)Cc1noc(CCNC2CC2)n1. The molecular weight excluding hydrogens is 190 g/mol. The van der Waals surface area contributed by atoms with Crippen LogP contribution in [-0.2, 0) is 12.8 Å². The van der Waals surface area contributed by atoms with Crippen molar-refractivity contribution in [3.63, 3.8) is 0 Å². The normalized spacial score (nSPS) is 16.2. The highest BCUT2D eigenvalue weighted by Gasteiger charge is 2.20. The summed E-state index contributed by atoms with van der Waals surface area (Å²) in [7, 11) is 0. The van der Waals surface area contributed by atoms with Gasteiger partial charge in [0, 0.05) is 25.4 Å². The van der Waals surface area contributed by atoms with Crippen LogP contribution in [0.4, 0.5) is 0 Å². The maximum Gasteiger partial charge on any atom is 0.227 e. The van der Waals surface area contributed by atoms with E-state index in [-0.39, 0.29) is 0 Å². The van der Waals surface area contributed by atoms with Gasteiger partial charge in [0.15, 0.2) is 5.82 Å². The lowest BCUT2D eigenvalue weighted by atomic mass is 10.1. The minimum Gasteiger partial charge on any atom is -0.339 e. The van der Waals surface area contributed by atoms with Crippen LogP contribution < -0.4 is 5.32 Å². The third-order valence-corrected chi connectivity index (χ3v) is 2.45. The highest BCUT2D eigenvalue weighted by molar-refractivity contribution is 4.89. The topological polar surface area (TPSA) is 51.0 Å². The van der Waals surface area contributed by atoms with E-state index in [1.165, 1.54) is 12.8 Å². The fourth-order valence-corrected chi connectivity index (χ4v) is 1.51. The fourth-order valence-electron chi connectivity index (χ4n) is 1.51. The second kappa shape index (κ2) is 4.75. The zero-order valence-electron chi connectivity index (χ0n) is 9.49. The molecule has 0 spiro atoms. The first-order valence-electron chi connectivity index (χ1n) is 5.79. The van der Waals surface area contributed by atoms with Gasteiger partial charge in [-0.25, -0.2) is 0 Å². The van der Waals surface area contributed by atoms with E-state index in [1.54, 1.807) is 0 Å². The number of aromatic nitrogens is 2. The summed E-state index contributed by atoms with van der Waals surface area (Å²) in [5.74, 6) is 2.19. The third-order valence-electron chi connectivity index (χ3n) is 2.45. The van der Waals surface area contributed by atoms with E-state index in [4.69, 9.17) is 4.52 Å². The Hall–Kier alpha value is -0.900. The van der Waals surface area contributed by atoms with Crippen LogP contribution in [-0.4, -0.2) is 22.7 Å². The Bertz CT molecular complexity index is 305. The first-order valence-corrected chi connectivity index (χ1v) is 5.79. The van der Waals surface area contributed by atoms with Crippen molar-refractivity contribution in [1.82, 2.24) is 15.5 Å². The van der Waals surface area contributed by atoms with Crippen LogP contribution in [0, 0.1) is 5.92 Å². The molecular formula is C11H19N3O. The van der Waals surface area contributed by atoms with Gasteiger partial charge in [0.25, 0.3) is 0 Å². The molecule has 1 fully saturated rings. The van der Waals surface area contributed by atoms with Crippen LogP contribution in [0.5, 0.6) is 0 Å². The van der Waals surface area contributed by atoms with E-state index in [0.717, 1.165) is 37.1 Å². The third kappa shape index (κ3) is 3.63. The van der Waals surface area contributed by atoms with Crippen molar-refractivity contribution in [3.8, 4) is 0 Å². The Morgan fingerprint density at radius 2 is 2.27 bits per heavy atom. The van der Waals surface area contributed by atoms with Crippen LogP contribution in [0.2, 0.25) is 0 Å². The summed E-state index contributed by atoms with van der Waals surface area (Å²) in [4.78, 5) is 4.35. The van der Waals surface area contributed by atoms with E-state index < -0.39 is 0 Å². The quantitative estimate of drug-likeness (QED) is 0.772. The highest BCUT2D eigenvalue weighted by Crippen LogP contribution is 2.18. The number of nitrogens with zero attached hydrogens (tertiary/aromatic N) is 2. The Labute approximate surface area is 90.4 Å². The maximum absolute atomic E-state index is 5.17.